The van der Waals surface area contributed by atoms with E-state index < -0.39 is 29.4 Å². The topological polar surface area (TPSA) is 88.1 Å². The van der Waals surface area contributed by atoms with Gasteiger partial charge in [0.1, 0.15) is 12.4 Å². The van der Waals surface area contributed by atoms with Crippen molar-refractivity contribution in [2.24, 2.45) is 0 Å². The molecule has 37 heavy (non-hydrogen) atoms. The number of likely N-dealkylation sites (tertiary alicyclic amines) is 1. The number of amides is 2. The molecule has 2 unspecified atom stereocenters. The van der Waals surface area contributed by atoms with E-state index in [4.69, 9.17) is 9.47 Å². The summed E-state index contributed by atoms with van der Waals surface area (Å²) in [6.45, 7) is 6.60. The number of alkyl carbamates (subject to hydrolysis) is 1. The van der Waals surface area contributed by atoms with Crippen molar-refractivity contribution in [3.8, 4) is 5.75 Å². The van der Waals surface area contributed by atoms with Crippen LogP contribution in [0.1, 0.15) is 82.8 Å². The molecule has 7 nitrogen and oxygen atoms in total. The minimum atomic E-state index is -1.14. The zero-order valence-corrected chi connectivity index (χ0v) is 22.2. The Morgan fingerprint density at radius 2 is 1.70 bits per heavy atom. The minimum absolute atomic E-state index is 0.187. The number of nitrogens with zero attached hydrogens (tertiary/aromatic N) is 1. The molecule has 0 spiro atoms. The lowest BCUT2D eigenvalue weighted by molar-refractivity contribution is -0.148. The van der Waals surface area contributed by atoms with Crippen LogP contribution >= 0.6 is 0 Å². The highest BCUT2D eigenvalue weighted by Crippen LogP contribution is 2.42. The molecule has 1 aliphatic heterocycles. The van der Waals surface area contributed by atoms with E-state index in [1.54, 1.807) is 4.90 Å². The molecule has 2 aliphatic rings. The fraction of sp³-hybridized carbons (Fsp3) is 0.533. The van der Waals surface area contributed by atoms with Crippen LogP contribution in [0.2, 0.25) is 0 Å². The predicted octanol–water partition coefficient (Wildman–Crippen LogP) is 5.52. The molecule has 200 valence electrons. The quantitative estimate of drug-likeness (QED) is 0.514. The molecular formula is C30H40N2O5. The highest BCUT2D eigenvalue weighted by molar-refractivity contribution is 5.86. The lowest BCUT2D eigenvalue weighted by Gasteiger charge is -2.41. The van der Waals surface area contributed by atoms with Crippen LogP contribution in [0.3, 0.4) is 0 Å². The molecule has 1 saturated carbocycles. The number of ether oxygens (including phenoxy) is 2. The maximum absolute atomic E-state index is 14.0. The average molecular weight is 509 g/mol. The second-order valence-electron chi connectivity index (χ2n) is 11.3. The third kappa shape index (κ3) is 7.04. The van der Waals surface area contributed by atoms with Gasteiger partial charge in [0.2, 0.25) is 5.91 Å². The molecule has 0 bridgehead atoms. The van der Waals surface area contributed by atoms with Crippen LogP contribution in [0.5, 0.6) is 5.75 Å². The molecule has 7 heteroatoms. The minimum Gasteiger partial charge on any atom is -0.489 e. The molecule has 1 saturated heterocycles. The van der Waals surface area contributed by atoms with Crippen molar-refractivity contribution in [3.05, 3.63) is 65.7 Å². The maximum Gasteiger partial charge on any atom is 0.409 e. The lowest BCUT2D eigenvalue weighted by atomic mass is 9.72. The molecule has 0 aromatic heterocycles. The van der Waals surface area contributed by atoms with Crippen LogP contribution in [-0.2, 0) is 16.1 Å². The summed E-state index contributed by atoms with van der Waals surface area (Å²) in [6.07, 6.45) is 4.11. The van der Waals surface area contributed by atoms with Gasteiger partial charge in [-0.15, -0.1) is 0 Å². The zero-order chi connectivity index (χ0) is 26.5. The zero-order valence-electron chi connectivity index (χ0n) is 22.2. The Labute approximate surface area is 220 Å². The number of hydrogen-bond acceptors (Lipinski definition) is 5. The average Bonchev–Trinajstić information content (AvgIpc) is 3.31. The lowest BCUT2D eigenvalue weighted by Crippen LogP contribution is -2.51. The number of carbonyl (C=O) groups excluding carboxylic acids is 2. The summed E-state index contributed by atoms with van der Waals surface area (Å²) in [4.78, 5) is 28.1. The van der Waals surface area contributed by atoms with Crippen molar-refractivity contribution in [1.82, 2.24) is 10.2 Å². The van der Waals surface area contributed by atoms with Gasteiger partial charge in [-0.25, -0.2) is 4.79 Å². The Hall–Kier alpha value is -3.06. The van der Waals surface area contributed by atoms with Crippen LogP contribution in [-0.4, -0.2) is 45.9 Å². The fourth-order valence-electron chi connectivity index (χ4n) is 5.37. The molecule has 4 rings (SSSR count). The van der Waals surface area contributed by atoms with Crippen molar-refractivity contribution in [1.29, 1.82) is 0 Å². The van der Waals surface area contributed by atoms with Crippen molar-refractivity contribution in [2.45, 2.75) is 95.6 Å². The molecule has 2 amide bonds. The van der Waals surface area contributed by atoms with E-state index in [-0.39, 0.29) is 5.91 Å². The van der Waals surface area contributed by atoms with E-state index in [9.17, 15) is 14.7 Å². The summed E-state index contributed by atoms with van der Waals surface area (Å²) in [6, 6.07) is 17.4. The Morgan fingerprint density at radius 1 is 1.03 bits per heavy atom. The molecule has 2 N–H and O–H groups in total. The molecule has 2 fully saturated rings. The number of rotatable bonds is 7. The highest BCUT2D eigenvalue weighted by atomic mass is 16.6. The van der Waals surface area contributed by atoms with Crippen LogP contribution in [0.4, 0.5) is 4.79 Å². The fourth-order valence-corrected chi connectivity index (χ4v) is 5.37. The predicted molar refractivity (Wildman–Crippen MR) is 142 cm³/mol. The standard InChI is InChI=1S/C30H40N2O5/c1-29(2,3)31-28(34)37-25-13-10-20-32(25)27(33)26(30(35)18-8-5-9-19-30)23-14-16-24(17-15-23)36-21-22-11-6-4-7-12-22/h4,6-7,11-12,14-17,25-26,35H,5,8-10,13,18-21H2,1-3H3,(H,31,34). The summed E-state index contributed by atoms with van der Waals surface area (Å²) in [7, 11) is 0. The first-order valence-electron chi connectivity index (χ1n) is 13.4. The van der Waals surface area contributed by atoms with Gasteiger partial charge in [-0.3, -0.25) is 4.79 Å². The van der Waals surface area contributed by atoms with Gasteiger partial charge in [0, 0.05) is 18.5 Å². The van der Waals surface area contributed by atoms with Gasteiger partial charge in [0.15, 0.2) is 6.23 Å². The second kappa shape index (κ2) is 11.5. The third-order valence-electron chi connectivity index (χ3n) is 7.17. The highest BCUT2D eigenvalue weighted by Gasteiger charge is 2.47. The smallest absolute Gasteiger partial charge is 0.409 e. The molecule has 2 atom stereocenters. The molecule has 1 heterocycles. The summed E-state index contributed by atoms with van der Waals surface area (Å²) >= 11 is 0. The van der Waals surface area contributed by atoms with Crippen LogP contribution in [0.25, 0.3) is 0 Å². The first kappa shape index (κ1) is 27.0. The van der Waals surface area contributed by atoms with Crippen molar-refractivity contribution in [2.75, 3.05) is 6.54 Å². The monoisotopic (exact) mass is 508 g/mol. The molecule has 2 aromatic carbocycles. The van der Waals surface area contributed by atoms with Crippen LogP contribution < -0.4 is 10.1 Å². The van der Waals surface area contributed by atoms with Gasteiger partial charge in [0.25, 0.3) is 0 Å². The number of aliphatic hydroxyl groups is 1. The van der Waals surface area contributed by atoms with E-state index in [2.05, 4.69) is 5.32 Å². The Morgan fingerprint density at radius 3 is 2.35 bits per heavy atom. The Balaban J connectivity index is 1.53. The summed E-state index contributed by atoms with van der Waals surface area (Å²) in [5.74, 6) is -0.213. The molecule has 0 radical (unpaired) electrons. The van der Waals surface area contributed by atoms with Crippen molar-refractivity contribution >= 4 is 12.0 Å². The van der Waals surface area contributed by atoms with Gasteiger partial charge in [-0.1, -0.05) is 61.7 Å². The van der Waals surface area contributed by atoms with E-state index >= 15 is 0 Å². The van der Waals surface area contributed by atoms with Gasteiger partial charge >= 0.3 is 6.09 Å². The van der Waals surface area contributed by atoms with Gasteiger partial charge in [0.05, 0.1) is 11.5 Å². The third-order valence-corrected chi connectivity index (χ3v) is 7.17. The van der Waals surface area contributed by atoms with E-state index in [0.29, 0.717) is 38.2 Å². The largest absolute Gasteiger partial charge is 0.489 e. The summed E-state index contributed by atoms with van der Waals surface area (Å²) in [5, 5.41) is 14.6. The van der Waals surface area contributed by atoms with Crippen molar-refractivity contribution in [3.63, 3.8) is 0 Å². The van der Waals surface area contributed by atoms with Gasteiger partial charge in [-0.2, -0.15) is 0 Å². The first-order chi connectivity index (χ1) is 17.6. The molecule has 2 aromatic rings. The first-order valence-corrected chi connectivity index (χ1v) is 13.4. The summed E-state index contributed by atoms with van der Waals surface area (Å²) in [5.41, 5.74) is 0.259. The number of benzene rings is 2. The molecular weight excluding hydrogens is 468 g/mol. The number of hydrogen-bond donors (Lipinski definition) is 2. The normalized spacial score (nSPS) is 20.2. The maximum atomic E-state index is 14.0. The molecule has 1 aliphatic carbocycles. The Kier molecular flexibility index (Phi) is 8.42. The Bertz CT molecular complexity index is 1040. The van der Waals surface area contributed by atoms with Crippen molar-refractivity contribution < 1.29 is 24.2 Å². The second-order valence-corrected chi connectivity index (χ2v) is 11.3. The SMILES string of the molecule is CC(C)(C)NC(=O)OC1CCCN1C(=O)C(c1ccc(OCc2ccccc2)cc1)C1(O)CCCCC1. The summed E-state index contributed by atoms with van der Waals surface area (Å²) < 4.78 is 11.6. The number of nitrogens with one attached hydrogen (secondary N) is 1. The van der Waals surface area contributed by atoms with Crippen LogP contribution in [0, 0.1) is 0 Å². The van der Waals surface area contributed by atoms with Crippen LogP contribution in [0.15, 0.2) is 54.6 Å². The van der Waals surface area contributed by atoms with Gasteiger partial charge < -0.3 is 24.8 Å². The van der Waals surface area contributed by atoms with E-state index in [1.807, 2.05) is 75.4 Å². The van der Waals surface area contributed by atoms with E-state index in [1.165, 1.54) is 0 Å². The van der Waals surface area contributed by atoms with Gasteiger partial charge in [-0.05, 0) is 63.3 Å². The number of carbonyl (C=O) groups is 2. The van der Waals surface area contributed by atoms with E-state index in [0.717, 1.165) is 36.8 Å².